The third-order valence-electron chi connectivity index (χ3n) is 2.25. The molecule has 0 aliphatic carbocycles. The Morgan fingerprint density at radius 1 is 1.46 bits per heavy atom. The summed E-state index contributed by atoms with van der Waals surface area (Å²) in [5.74, 6) is 0.996. The van der Waals surface area contributed by atoms with Crippen molar-refractivity contribution in [3.8, 4) is 0 Å². The van der Waals surface area contributed by atoms with Gasteiger partial charge in [-0.1, -0.05) is 6.92 Å². The predicted molar refractivity (Wildman–Crippen MR) is 52.8 cm³/mol. The lowest BCUT2D eigenvalue weighted by atomic mass is 10.2. The molecule has 0 aliphatic heterocycles. The molecule has 1 unspecified atom stereocenters. The van der Waals surface area contributed by atoms with Crippen molar-refractivity contribution >= 4 is 0 Å². The van der Waals surface area contributed by atoms with Gasteiger partial charge in [0.05, 0.1) is 11.8 Å². The Bertz CT molecular complexity index is 289. The molecule has 0 aromatic carbocycles. The first-order valence-electron chi connectivity index (χ1n) is 4.77. The number of imidazole rings is 1. The van der Waals surface area contributed by atoms with Crippen LogP contribution in [-0.4, -0.2) is 20.8 Å². The van der Waals surface area contributed by atoms with E-state index in [0.29, 0.717) is 6.54 Å². The van der Waals surface area contributed by atoms with Gasteiger partial charge in [-0.15, -0.1) is 0 Å². The highest BCUT2D eigenvalue weighted by atomic mass is 16.3. The second kappa shape index (κ2) is 3.92. The Morgan fingerprint density at radius 3 is 2.54 bits per heavy atom. The third kappa shape index (κ3) is 2.10. The number of aromatic nitrogens is 2. The summed E-state index contributed by atoms with van der Waals surface area (Å²) in [6, 6.07) is 0. The molecule has 3 heteroatoms. The normalized spacial score (nSPS) is 13.3. The first-order chi connectivity index (χ1) is 6.06. The molecule has 0 fully saturated rings. The molecular weight excluding hydrogens is 164 g/mol. The van der Waals surface area contributed by atoms with Crippen molar-refractivity contribution in [2.24, 2.45) is 0 Å². The molecule has 0 amide bonds. The highest BCUT2D eigenvalue weighted by molar-refractivity contribution is 5.15. The van der Waals surface area contributed by atoms with Crippen molar-refractivity contribution < 1.29 is 5.11 Å². The fraction of sp³-hybridized carbons (Fsp3) is 0.700. The van der Waals surface area contributed by atoms with Crippen LogP contribution in [0.1, 0.15) is 31.1 Å². The molecule has 0 bridgehead atoms. The van der Waals surface area contributed by atoms with E-state index in [2.05, 4.69) is 16.5 Å². The van der Waals surface area contributed by atoms with E-state index in [1.54, 1.807) is 6.92 Å². The minimum absolute atomic E-state index is 0.308. The molecule has 0 saturated heterocycles. The molecule has 1 heterocycles. The van der Waals surface area contributed by atoms with Crippen LogP contribution in [0.2, 0.25) is 0 Å². The van der Waals surface area contributed by atoms with Gasteiger partial charge in [-0.05, 0) is 27.2 Å². The average molecular weight is 182 g/mol. The summed E-state index contributed by atoms with van der Waals surface area (Å²) in [6.45, 7) is 8.56. The second-order valence-corrected chi connectivity index (χ2v) is 3.50. The van der Waals surface area contributed by atoms with Crippen LogP contribution in [0, 0.1) is 13.8 Å². The molecule has 1 aromatic rings. The summed E-state index contributed by atoms with van der Waals surface area (Å²) in [7, 11) is 0. The molecule has 0 aliphatic rings. The maximum absolute atomic E-state index is 9.31. The Balaban J connectivity index is 3.02. The van der Waals surface area contributed by atoms with Crippen molar-refractivity contribution in [2.75, 3.05) is 0 Å². The number of hydrogen-bond donors (Lipinski definition) is 1. The Morgan fingerprint density at radius 2 is 2.08 bits per heavy atom. The lowest BCUT2D eigenvalue weighted by Crippen LogP contribution is -2.15. The lowest BCUT2D eigenvalue weighted by molar-refractivity contribution is 0.171. The SMILES string of the molecule is CCc1c(C)nc(C)n1CC(C)O. The summed E-state index contributed by atoms with van der Waals surface area (Å²) >= 11 is 0. The lowest BCUT2D eigenvalue weighted by Gasteiger charge is -2.11. The van der Waals surface area contributed by atoms with Crippen LogP contribution in [0.25, 0.3) is 0 Å². The number of hydrogen-bond acceptors (Lipinski definition) is 2. The molecule has 0 saturated carbocycles. The van der Waals surface area contributed by atoms with Crippen LogP contribution < -0.4 is 0 Å². The number of aliphatic hydroxyl groups is 1. The summed E-state index contributed by atoms with van der Waals surface area (Å²) < 4.78 is 2.10. The van der Waals surface area contributed by atoms with Gasteiger partial charge >= 0.3 is 0 Å². The molecular formula is C10H18N2O. The molecule has 0 spiro atoms. The van der Waals surface area contributed by atoms with Gasteiger partial charge in [0, 0.05) is 12.2 Å². The minimum Gasteiger partial charge on any atom is -0.392 e. The van der Waals surface area contributed by atoms with Crippen molar-refractivity contribution in [3.05, 3.63) is 17.2 Å². The molecule has 1 N–H and O–H groups in total. The molecule has 1 rings (SSSR count). The first kappa shape index (κ1) is 10.3. The number of nitrogens with zero attached hydrogens (tertiary/aromatic N) is 2. The molecule has 1 atom stereocenters. The number of aliphatic hydroxyl groups excluding tert-OH is 1. The Hall–Kier alpha value is -0.830. The molecule has 0 radical (unpaired) electrons. The Kier molecular flexibility index (Phi) is 3.09. The van der Waals surface area contributed by atoms with E-state index in [0.717, 1.165) is 17.9 Å². The van der Waals surface area contributed by atoms with Crippen molar-refractivity contribution in [1.82, 2.24) is 9.55 Å². The van der Waals surface area contributed by atoms with Crippen LogP contribution in [0.15, 0.2) is 0 Å². The van der Waals surface area contributed by atoms with Gasteiger partial charge in [-0.3, -0.25) is 0 Å². The Labute approximate surface area is 79.4 Å². The van der Waals surface area contributed by atoms with Gasteiger partial charge in [-0.25, -0.2) is 4.98 Å². The summed E-state index contributed by atoms with van der Waals surface area (Å²) in [5.41, 5.74) is 2.32. The zero-order valence-electron chi connectivity index (χ0n) is 8.83. The monoisotopic (exact) mass is 182 g/mol. The first-order valence-corrected chi connectivity index (χ1v) is 4.77. The minimum atomic E-state index is -0.308. The van der Waals surface area contributed by atoms with Crippen LogP contribution >= 0.6 is 0 Å². The van der Waals surface area contributed by atoms with Gasteiger partial charge in [0.25, 0.3) is 0 Å². The van der Waals surface area contributed by atoms with Crippen LogP contribution in [0.5, 0.6) is 0 Å². The van der Waals surface area contributed by atoms with E-state index in [1.807, 2.05) is 13.8 Å². The fourth-order valence-electron chi connectivity index (χ4n) is 1.71. The molecule has 3 nitrogen and oxygen atoms in total. The second-order valence-electron chi connectivity index (χ2n) is 3.50. The smallest absolute Gasteiger partial charge is 0.106 e. The van der Waals surface area contributed by atoms with E-state index in [1.165, 1.54) is 5.69 Å². The summed E-state index contributed by atoms with van der Waals surface area (Å²) in [4.78, 5) is 4.39. The zero-order valence-corrected chi connectivity index (χ0v) is 8.83. The van der Waals surface area contributed by atoms with Crippen molar-refractivity contribution in [3.63, 3.8) is 0 Å². The highest BCUT2D eigenvalue weighted by Gasteiger charge is 2.10. The van der Waals surface area contributed by atoms with Crippen LogP contribution in [-0.2, 0) is 13.0 Å². The van der Waals surface area contributed by atoms with Crippen molar-refractivity contribution in [1.29, 1.82) is 0 Å². The fourth-order valence-corrected chi connectivity index (χ4v) is 1.71. The maximum Gasteiger partial charge on any atom is 0.106 e. The zero-order chi connectivity index (χ0) is 10.0. The van der Waals surface area contributed by atoms with Gasteiger partial charge in [0.15, 0.2) is 0 Å². The summed E-state index contributed by atoms with van der Waals surface area (Å²) in [6.07, 6.45) is 0.664. The standard InChI is InChI=1S/C10H18N2O/c1-5-10-8(3)11-9(4)12(10)6-7(2)13/h7,13H,5-6H2,1-4H3. The van der Waals surface area contributed by atoms with Crippen LogP contribution in [0.4, 0.5) is 0 Å². The topological polar surface area (TPSA) is 38.0 Å². The van der Waals surface area contributed by atoms with Gasteiger partial charge in [-0.2, -0.15) is 0 Å². The summed E-state index contributed by atoms with van der Waals surface area (Å²) in [5, 5.41) is 9.31. The van der Waals surface area contributed by atoms with E-state index in [-0.39, 0.29) is 6.10 Å². The van der Waals surface area contributed by atoms with Gasteiger partial charge in [0.1, 0.15) is 5.82 Å². The average Bonchev–Trinajstić information content (AvgIpc) is 2.26. The molecule has 74 valence electrons. The molecule has 1 aromatic heterocycles. The molecule has 13 heavy (non-hydrogen) atoms. The predicted octanol–water partition coefficient (Wildman–Crippen LogP) is 1.44. The van der Waals surface area contributed by atoms with E-state index < -0.39 is 0 Å². The van der Waals surface area contributed by atoms with Gasteiger partial charge in [0.2, 0.25) is 0 Å². The largest absolute Gasteiger partial charge is 0.392 e. The van der Waals surface area contributed by atoms with Crippen molar-refractivity contribution in [2.45, 2.75) is 46.8 Å². The quantitative estimate of drug-likeness (QED) is 0.768. The van der Waals surface area contributed by atoms with Crippen LogP contribution in [0.3, 0.4) is 0 Å². The maximum atomic E-state index is 9.31. The van der Waals surface area contributed by atoms with E-state index in [4.69, 9.17) is 0 Å². The number of rotatable bonds is 3. The van der Waals surface area contributed by atoms with Gasteiger partial charge < -0.3 is 9.67 Å². The third-order valence-corrected chi connectivity index (χ3v) is 2.25. The number of aryl methyl sites for hydroxylation is 2. The van der Waals surface area contributed by atoms with E-state index in [9.17, 15) is 5.11 Å². The van der Waals surface area contributed by atoms with E-state index >= 15 is 0 Å². The highest BCUT2D eigenvalue weighted by Crippen LogP contribution is 2.12.